The number of nitrogens with zero attached hydrogens (tertiary/aromatic N) is 1. The predicted molar refractivity (Wildman–Crippen MR) is 135 cm³/mol. The number of hydrogen-bond acceptors (Lipinski definition) is 4. The van der Waals surface area contributed by atoms with Gasteiger partial charge in [-0.3, -0.25) is 14.5 Å². The number of aryl methyl sites for hydroxylation is 1. The third kappa shape index (κ3) is 5.28. The minimum atomic E-state index is -0.205. The highest BCUT2D eigenvalue weighted by molar-refractivity contribution is 6.09. The van der Waals surface area contributed by atoms with Gasteiger partial charge in [-0.25, -0.2) is 0 Å². The number of carbonyl (C=O) groups excluding carboxylic acids is 2. The highest BCUT2D eigenvalue weighted by atomic mass is 16.5. The molecule has 0 aromatic heterocycles. The predicted octanol–water partition coefficient (Wildman–Crippen LogP) is 4.87. The van der Waals surface area contributed by atoms with Crippen molar-refractivity contribution in [3.8, 4) is 5.75 Å². The molecular formula is C29H28N2O4. The molecule has 0 aliphatic carbocycles. The summed E-state index contributed by atoms with van der Waals surface area (Å²) in [7, 11) is 0. The second-order valence-corrected chi connectivity index (χ2v) is 8.93. The number of amides is 2. The summed E-state index contributed by atoms with van der Waals surface area (Å²) in [5.74, 6) is 0.537. The number of anilines is 1. The first-order valence-corrected chi connectivity index (χ1v) is 11.9. The molecule has 1 N–H and O–H groups in total. The van der Waals surface area contributed by atoms with Crippen LogP contribution in [0.2, 0.25) is 0 Å². The van der Waals surface area contributed by atoms with Gasteiger partial charge in [0.25, 0.3) is 11.8 Å². The van der Waals surface area contributed by atoms with Gasteiger partial charge in [0, 0.05) is 18.7 Å². The van der Waals surface area contributed by atoms with E-state index >= 15 is 0 Å². The molecular weight excluding hydrogens is 440 g/mol. The van der Waals surface area contributed by atoms with Crippen LogP contribution < -0.4 is 15.0 Å². The first kappa shape index (κ1) is 22.9. The lowest BCUT2D eigenvalue weighted by molar-refractivity contribution is -0.117. The Morgan fingerprint density at radius 1 is 1.09 bits per heavy atom. The van der Waals surface area contributed by atoms with Crippen LogP contribution in [0, 0.1) is 6.92 Å². The summed E-state index contributed by atoms with van der Waals surface area (Å²) < 4.78 is 11.5. The fourth-order valence-electron chi connectivity index (χ4n) is 4.41. The van der Waals surface area contributed by atoms with Crippen molar-refractivity contribution in [3.63, 3.8) is 0 Å². The standard InChI is InChI=1S/C29H28N2O4/c1-20-6-4-7-22(16-20)19-31-25-9-2-3-10-26(25)35-27(29(31)33)17-21-11-13-23(14-12-21)28(32)30-18-24-8-5-15-34-24/h2-4,6-7,9-14,16-17,24H,5,8,15,18-19H2,1H3,(H,30,32)/b27-17+. The van der Waals surface area contributed by atoms with Gasteiger partial charge >= 0.3 is 0 Å². The number of benzene rings is 3. The summed E-state index contributed by atoms with van der Waals surface area (Å²) in [4.78, 5) is 27.6. The summed E-state index contributed by atoms with van der Waals surface area (Å²) in [6.07, 6.45) is 3.83. The number of para-hydroxylation sites is 2. The van der Waals surface area contributed by atoms with Crippen molar-refractivity contribution >= 4 is 23.6 Å². The smallest absolute Gasteiger partial charge is 0.294 e. The lowest BCUT2D eigenvalue weighted by atomic mass is 10.1. The lowest BCUT2D eigenvalue weighted by Crippen LogP contribution is -2.36. The van der Waals surface area contributed by atoms with Crippen molar-refractivity contribution in [2.45, 2.75) is 32.4 Å². The Morgan fingerprint density at radius 2 is 1.91 bits per heavy atom. The number of ether oxygens (including phenoxy) is 2. The van der Waals surface area contributed by atoms with E-state index in [0.717, 1.165) is 41.8 Å². The Bertz CT molecular complexity index is 1260. The minimum Gasteiger partial charge on any atom is -0.449 e. The number of rotatable bonds is 6. The number of fused-ring (bicyclic) bond motifs is 1. The molecule has 178 valence electrons. The lowest BCUT2D eigenvalue weighted by Gasteiger charge is -2.30. The van der Waals surface area contributed by atoms with Crippen molar-refractivity contribution in [2.24, 2.45) is 0 Å². The third-order valence-corrected chi connectivity index (χ3v) is 6.24. The molecule has 1 unspecified atom stereocenters. The molecule has 2 heterocycles. The molecule has 1 fully saturated rings. The van der Waals surface area contributed by atoms with Crippen molar-refractivity contribution in [3.05, 3.63) is 101 Å². The molecule has 2 amide bonds. The summed E-state index contributed by atoms with van der Waals surface area (Å²) in [6, 6.07) is 22.8. The SMILES string of the molecule is Cc1cccc(CN2C(=O)/C(=C\c3ccc(C(=O)NCC4CCCO4)cc3)Oc3ccccc32)c1. The average molecular weight is 469 g/mol. The number of hydrogen-bond donors (Lipinski definition) is 1. The zero-order valence-corrected chi connectivity index (χ0v) is 19.7. The minimum absolute atomic E-state index is 0.100. The first-order valence-electron chi connectivity index (χ1n) is 11.9. The Kier molecular flexibility index (Phi) is 6.64. The van der Waals surface area contributed by atoms with Crippen LogP contribution in [0.5, 0.6) is 5.75 Å². The Hall–Kier alpha value is -3.90. The molecule has 0 spiro atoms. The van der Waals surface area contributed by atoms with Gasteiger partial charge in [0.15, 0.2) is 11.5 Å². The van der Waals surface area contributed by atoms with E-state index in [1.54, 1.807) is 23.1 Å². The maximum absolute atomic E-state index is 13.4. The highest BCUT2D eigenvalue weighted by Crippen LogP contribution is 2.36. The molecule has 2 aliphatic rings. The zero-order chi connectivity index (χ0) is 24.2. The van der Waals surface area contributed by atoms with Gasteiger partial charge in [-0.2, -0.15) is 0 Å². The molecule has 0 bridgehead atoms. The van der Waals surface area contributed by atoms with E-state index in [1.807, 2.05) is 61.5 Å². The van der Waals surface area contributed by atoms with Crippen molar-refractivity contribution in [1.82, 2.24) is 5.32 Å². The van der Waals surface area contributed by atoms with Gasteiger partial charge < -0.3 is 14.8 Å². The second-order valence-electron chi connectivity index (χ2n) is 8.93. The number of nitrogens with one attached hydrogen (secondary N) is 1. The van der Waals surface area contributed by atoms with E-state index in [2.05, 4.69) is 11.4 Å². The van der Waals surface area contributed by atoms with E-state index < -0.39 is 0 Å². The summed E-state index contributed by atoms with van der Waals surface area (Å²) in [5.41, 5.74) is 4.28. The Labute approximate surface area is 205 Å². The summed E-state index contributed by atoms with van der Waals surface area (Å²) >= 11 is 0. The van der Waals surface area contributed by atoms with Crippen LogP contribution in [-0.2, 0) is 16.1 Å². The Morgan fingerprint density at radius 3 is 2.69 bits per heavy atom. The molecule has 0 radical (unpaired) electrons. The Balaban J connectivity index is 1.34. The molecule has 35 heavy (non-hydrogen) atoms. The topological polar surface area (TPSA) is 67.9 Å². The molecule has 5 rings (SSSR count). The van der Waals surface area contributed by atoms with Crippen LogP contribution in [-0.4, -0.2) is 31.1 Å². The quantitative estimate of drug-likeness (QED) is 0.524. The van der Waals surface area contributed by atoms with Gasteiger partial charge in [-0.15, -0.1) is 0 Å². The molecule has 1 saturated heterocycles. The van der Waals surface area contributed by atoms with Crippen molar-refractivity contribution < 1.29 is 19.1 Å². The molecule has 0 saturated carbocycles. The van der Waals surface area contributed by atoms with E-state index in [9.17, 15) is 9.59 Å². The van der Waals surface area contributed by atoms with Crippen LogP contribution >= 0.6 is 0 Å². The molecule has 6 nitrogen and oxygen atoms in total. The average Bonchev–Trinajstić information content (AvgIpc) is 3.39. The highest BCUT2D eigenvalue weighted by Gasteiger charge is 2.30. The third-order valence-electron chi connectivity index (χ3n) is 6.24. The molecule has 2 aliphatic heterocycles. The largest absolute Gasteiger partial charge is 0.449 e. The van der Waals surface area contributed by atoms with Crippen molar-refractivity contribution in [2.75, 3.05) is 18.1 Å². The van der Waals surface area contributed by atoms with Crippen molar-refractivity contribution in [1.29, 1.82) is 0 Å². The van der Waals surface area contributed by atoms with Crippen LogP contribution in [0.3, 0.4) is 0 Å². The fraction of sp³-hybridized carbons (Fsp3) is 0.241. The summed E-state index contributed by atoms with van der Waals surface area (Å²) in [6.45, 7) is 3.76. The molecule has 1 atom stereocenters. The maximum Gasteiger partial charge on any atom is 0.294 e. The van der Waals surface area contributed by atoms with Gasteiger partial charge in [0.1, 0.15) is 0 Å². The van der Waals surface area contributed by atoms with Gasteiger partial charge in [-0.05, 0) is 61.2 Å². The van der Waals surface area contributed by atoms with E-state index in [0.29, 0.717) is 24.4 Å². The van der Waals surface area contributed by atoms with E-state index in [1.165, 1.54) is 0 Å². The van der Waals surface area contributed by atoms with E-state index in [4.69, 9.17) is 9.47 Å². The van der Waals surface area contributed by atoms with Gasteiger partial charge in [0.05, 0.1) is 18.3 Å². The second kappa shape index (κ2) is 10.2. The van der Waals surface area contributed by atoms with Crippen LogP contribution in [0.15, 0.2) is 78.6 Å². The zero-order valence-electron chi connectivity index (χ0n) is 19.7. The van der Waals surface area contributed by atoms with Crippen LogP contribution in [0.1, 0.15) is 39.9 Å². The summed E-state index contributed by atoms with van der Waals surface area (Å²) in [5, 5.41) is 2.93. The molecule has 6 heteroatoms. The van der Waals surface area contributed by atoms with Crippen LogP contribution in [0.25, 0.3) is 6.08 Å². The van der Waals surface area contributed by atoms with Gasteiger partial charge in [-0.1, -0.05) is 54.1 Å². The molecule has 3 aromatic carbocycles. The maximum atomic E-state index is 13.4. The number of carbonyl (C=O) groups is 2. The van der Waals surface area contributed by atoms with Gasteiger partial charge in [0.2, 0.25) is 0 Å². The van der Waals surface area contributed by atoms with Crippen LogP contribution in [0.4, 0.5) is 5.69 Å². The molecule has 3 aromatic rings. The normalized spacial score (nSPS) is 18.3. The van der Waals surface area contributed by atoms with E-state index in [-0.39, 0.29) is 23.7 Å². The monoisotopic (exact) mass is 468 g/mol. The first-order chi connectivity index (χ1) is 17.1. The fourth-order valence-corrected chi connectivity index (χ4v) is 4.41.